The third kappa shape index (κ3) is 2.12. The van der Waals surface area contributed by atoms with Crippen molar-refractivity contribution in [3.63, 3.8) is 0 Å². The van der Waals surface area contributed by atoms with E-state index < -0.39 is 8.00 Å². The fraction of sp³-hybridized carbons (Fsp3) is 0.125. The van der Waals surface area contributed by atoms with Crippen molar-refractivity contribution in [3.05, 3.63) is 36.5 Å². The van der Waals surface area contributed by atoms with Crippen molar-refractivity contribution in [2.24, 2.45) is 0 Å². The lowest BCUT2D eigenvalue weighted by atomic mass is 10.1. The van der Waals surface area contributed by atoms with Gasteiger partial charge in [-0.05, 0) is 11.6 Å². The first-order chi connectivity index (χ1) is 5.24. The first kappa shape index (κ1) is 8.41. The molecule has 1 N–H and O–H groups in total. The molecule has 11 heavy (non-hydrogen) atoms. The topological polar surface area (TPSA) is 43.3 Å². The first-order valence-electron chi connectivity index (χ1n) is 3.26. The molecule has 0 aliphatic heterocycles. The van der Waals surface area contributed by atoms with Crippen LogP contribution in [0.5, 0.6) is 0 Å². The molecular formula is C8H9O2P. The van der Waals surface area contributed by atoms with Crippen LogP contribution in [0.4, 0.5) is 0 Å². The van der Waals surface area contributed by atoms with Crippen molar-refractivity contribution in [1.29, 1.82) is 0 Å². The van der Waals surface area contributed by atoms with Gasteiger partial charge in [0, 0.05) is 6.42 Å². The highest BCUT2D eigenvalue weighted by molar-refractivity contribution is 7.46. The molecule has 0 bridgehead atoms. The monoisotopic (exact) mass is 168 g/mol. The Balaban J connectivity index is 2.80. The molecule has 0 aromatic carbocycles. The number of allylic oxidation sites excluding steroid dienone is 5. The van der Waals surface area contributed by atoms with Gasteiger partial charge in [0.25, 0.3) is 0 Å². The molecule has 0 fully saturated rings. The highest BCUT2D eigenvalue weighted by Gasteiger charge is 2.06. The number of hydrogen-bond donors (Lipinski definition) is 1. The molecule has 0 aromatic rings. The Morgan fingerprint density at radius 1 is 1.64 bits per heavy atom. The van der Waals surface area contributed by atoms with E-state index in [2.05, 4.69) is 6.58 Å². The minimum absolute atomic E-state index is 0.559. The van der Waals surface area contributed by atoms with Gasteiger partial charge >= 0.3 is 0 Å². The summed E-state index contributed by atoms with van der Waals surface area (Å²) in [7, 11) is -2.14. The molecule has 0 heterocycles. The van der Waals surface area contributed by atoms with Crippen molar-refractivity contribution in [2.45, 2.75) is 6.42 Å². The second-order valence-electron chi connectivity index (χ2n) is 2.21. The van der Waals surface area contributed by atoms with E-state index in [0.29, 0.717) is 11.7 Å². The third-order valence-corrected chi connectivity index (χ3v) is 2.32. The maximum atomic E-state index is 10.6. The van der Waals surface area contributed by atoms with Crippen molar-refractivity contribution < 1.29 is 9.79 Å². The molecule has 2 nitrogen and oxygen atoms in total. The summed E-state index contributed by atoms with van der Waals surface area (Å²) in [5.41, 5.74) is 1.01. The molecule has 0 saturated heterocycles. The van der Waals surface area contributed by atoms with Crippen molar-refractivity contribution in [3.8, 4) is 0 Å². The summed E-state index contributed by atoms with van der Waals surface area (Å²) >= 11 is 0. The second-order valence-corrected chi connectivity index (χ2v) is 3.33. The van der Waals surface area contributed by atoms with E-state index in [0.717, 1.165) is 5.57 Å². The molecule has 1 aliphatic carbocycles. The Bertz CT molecular complexity index is 257. The van der Waals surface area contributed by atoms with Crippen LogP contribution in [0.3, 0.4) is 0 Å². The SMILES string of the molecule is C=CC1=CCC(=[P+]([O-])O)C=C1. The van der Waals surface area contributed by atoms with E-state index in [1.165, 1.54) is 0 Å². The average Bonchev–Trinajstić information content (AvgIpc) is 2.05. The Hall–Kier alpha value is -0.690. The molecule has 0 amide bonds. The molecule has 1 unspecified atom stereocenters. The largest absolute Gasteiger partial charge is 0.603 e. The predicted octanol–water partition coefficient (Wildman–Crippen LogP) is 0.896. The molecule has 1 rings (SSSR count). The molecular weight excluding hydrogens is 159 g/mol. The van der Waals surface area contributed by atoms with Gasteiger partial charge in [-0.25, -0.2) is 0 Å². The zero-order valence-corrected chi connectivity index (χ0v) is 6.92. The molecule has 1 aliphatic rings. The van der Waals surface area contributed by atoms with Crippen LogP contribution in [0.15, 0.2) is 36.5 Å². The summed E-state index contributed by atoms with van der Waals surface area (Å²) in [4.78, 5) is 19.3. The van der Waals surface area contributed by atoms with Crippen LogP contribution in [0.25, 0.3) is 0 Å². The van der Waals surface area contributed by atoms with Gasteiger partial charge in [-0.15, -0.1) is 0 Å². The standard InChI is InChI=1S/C8H9O2P/c1-2-7-3-5-8(6-4-7)11(9)10/h2-5H,1,6H2,(H,9,10). The average molecular weight is 168 g/mol. The normalized spacial score (nSPS) is 21.1. The smallest absolute Gasteiger partial charge is 0.221 e. The highest BCUT2D eigenvalue weighted by Crippen LogP contribution is 2.16. The summed E-state index contributed by atoms with van der Waals surface area (Å²) in [6.07, 6.45) is 7.62. The second kappa shape index (κ2) is 3.63. The van der Waals surface area contributed by atoms with Crippen LogP contribution in [0.2, 0.25) is 0 Å². The van der Waals surface area contributed by atoms with E-state index in [1.54, 1.807) is 18.2 Å². The lowest BCUT2D eigenvalue weighted by Crippen LogP contribution is -2.01. The van der Waals surface area contributed by atoms with Gasteiger partial charge < -0.3 is 4.89 Å². The Labute approximate surface area is 66.7 Å². The van der Waals surface area contributed by atoms with Gasteiger partial charge in [0.1, 0.15) is 0 Å². The van der Waals surface area contributed by atoms with Gasteiger partial charge in [-0.1, -0.05) is 24.8 Å². The summed E-state index contributed by atoms with van der Waals surface area (Å²) in [6, 6.07) is 0. The number of hydrogen-bond acceptors (Lipinski definition) is 2. The molecule has 0 aromatic heterocycles. The Kier molecular flexibility index (Phi) is 2.77. The first-order valence-corrected chi connectivity index (χ1v) is 4.48. The summed E-state index contributed by atoms with van der Waals surface area (Å²) < 4.78 is 0. The lowest BCUT2D eigenvalue weighted by Gasteiger charge is -2.01. The van der Waals surface area contributed by atoms with Gasteiger partial charge in [0.2, 0.25) is 8.00 Å². The van der Waals surface area contributed by atoms with E-state index in [9.17, 15) is 4.89 Å². The fourth-order valence-electron chi connectivity index (χ4n) is 0.844. The maximum Gasteiger partial charge on any atom is 0.221 e. The van der Waals surface area contributed by atoms with E-state index in [1.807, 2.05) is 6.08 Å². The van der Waals surface area contributed by atoms with E-state index in [4.69, 9.17) is 4.89 Å². The lowest BCUT2D eigenvalue weighted by molar-refractivity contribution is -0.167. The van der Waals surface area contributed by atoms with Crippen LogP contribution in [-0.4, -0.2) is 10.2 Å². The van der Waals surface area contributed by atoms with E-state index >= 15 is 0 Å². The summed E-state index contributed by atoms with van der Waals surface area (Å²) in [6.45, 7) is 3.59. The van der Waals surface area contributed by atoms with Gasteiger partial charge in [0.15, 0.2) is 5.29 Å². The predicted molar refractivity (Wildman–Crippen MR) is 46.2 cm³/mol. The number of rotatable bonds is 1. The van der Waals surface area contributed by atoms with Crippen LogP contribution < -0.4 is 4.89 Å². The Morgan fingerprint density at radius 2 is 2.36 bits per heavy atom. The summed E-state index contributed by atoms with van der Waals surface area (Å²) in [5.74, 6) is 0. The van der Waals surface area contributed by atoms with Crippen molar-refractivity contribution in [2.75, 3.05) is 0 Å². The molecule has 0 spiro atoms. The minimum Gasteiger partial charge on any atom is -0.603 e. The van der Waals surface area contributed by atoms with E-state index in [-0.39, 0.29) is 0 Å². The molecule has 58 valence electrons. The summed E-state index contributed by atoms with van der Waals surface area (Å²) in [5, 5.41) is 0.575. The van der Waals surface area contributed by atoms with Crippen molar-refractivity contribution in [1.82, 2.24) is 0 Å². The van der Waals surface area contributed by atoms with Gasteiger partial charge in [-0.3, -0.25) is 0 Å². The zero-order chi connectivity index (χ0) is 8.27. The fourth-order valence-corrected chi connectivity index (χ4v) is 1.29. The molecule has 3 heteroatoms. The highest BCUT2D eigenvalue weighted by atomic mass is 31.1. The zero-order valence-electron chi connectivity index (χ0n) is 6.03. The van der Waals surface area contributed by atoms with Crippen molar-refractivity contribution >= 4 is 13.3 Å². The van der Waals surface area contributed by atoms with Crippen LogP contribution in [0, 0.1) is 0 Å². The molecule has 0 saturated carbocycles. The molecule has 0 radical (unpaired) electrons. The van der Waals surface area contributed by atoms with Gasteiger partial charge in [-0.2, -0.15) is 4.89 Å². The molecule has 1 atom stereocenters. The van der Waals surface area contributed by atoms with Gasteiger partial charge in [0.05, 0.1) is 0 Å². The van der Waals surface area contributed by atoms with Crippen LogP contribution >= 0.6 is 8.00 Å². The van der Waals surface area contributed by atoms with Crippen LogP contribution in [-0.2, 0) is 0 Å². The van der Waals surface area contributed by atoms with Crippen LogP contribution in [0.1, 0.15) is 6.42 Å². The quantitative estimate of drug-likeness (QED) is 0.591. The Morgan fingerprint density at radius 3 is 2.73 bits per heavy atom. The third-order valence-electron chi connectivity index (χ3n) is 1.50. The maximum absolute atomic E-state index is 10.6. The minimum atomic E-state index is -2.14.